The molecule has 0 amide bonds. The van der Waals surface area contributed by atoms with Gasteiger partial charge in [-0.2, -0.15) is 5.26 Å². The average Bonchev–Trinajstić information content (AvgIpc) is 2.77. The van der Waals surface area contributed by atoms with E-state index in [1.54, 1.807) is 18.3 Å². The van der Waals surface area contributed by atoms with Crippen molar-refractivity contribution in [1.29, 1.82) is 5.26 Å². The first-order valence-corrected chi connectivity index (χ1v) is 10.4. The largest absolute Gasteiger partial charge is 0.369 e. The van der Waals surface area contributed by atoms with Crippen LogP contribution in [0.1, 0.15) is 54.6 Å². The topological polar surface area (TPSA) is 64.8 Å². The number of alkyl halides is 2. The quantitative estimate of drug-likeness (QED) is 0.723. The van der Waals surface area contributed by atoms with E-state index in [2.05, 4.69) is 22.9 Å². The molecule has 2 aromatic heterocycles. The van der Waals surface area contributed by atoms with Gasteiger partial charge in [-0.05, 0) is 55.9 Å². The second-order valence-electron chi connectivity index (χ2n) is 7.94. The Morgan fingerprint density at radius 3 is 2.83 bits per heavy atom. The Labute approximate surface area is 175 Å². The minimum atomic E-state index is -2.74. The number of aryl methyl sites for hydroxylation is 2. The zero-order valence-corrected chi connectivity index (χ0v) is 16.9. The highest BCUT2D eigenvalue weighted by Gasteiger charge is 2.30. The van der Waals surface area contributed by atoms with Crippen LogP contribution < -0.4 is 10.2 Å². The summed E-state index contributed by atoms with van der Waals surface area (Å²) in [6.07, 6.45) is 5.54. The van der Waals surface area contributed by atoms with Gasteiger partial charge < -0.3 is 10.2 Å². The Morgan fingerprint density at radius 2 is 2.00 bits per heavy atom. The molecule has 0 aromatic carbocycles. The number of pyridine rings is 2. The number of anilines is 2. The Bertz CT molecular complexity index is 996. The van der Waals surface area contributed by atoms with E-state index >= 15 is 0 Å². The summed E-state index contributed by atoms with van der Waals surface area (Å²) in [5, 5.41) is 12.4. The minimum Gasteiger partial charge on any atom is -0.369 e. The lowest BCUT2D eigenvalue weighted by atomic mass is 9.94. The summed E-state index contributed by atoms with van der Waals surface area (Å²) in [5.41, 5.74) is 4.77. The SMILES string of the molecule is C=C1c2cc3c(nc2NCCC(F)(F)CCCN1c1ccnc(C#N)c1)CCCC3. The molecule has 1 N–H and O–H groups in total. The molecule has 0 saturated carbocycles. The molecule has 0 saturated heterocycles. The highest BCUT2D eigenvalue weighted by molar-refractivity contribution is 5.83. The van der Waals surface area contributed by atoms with Crippen LogP contribution in [-0.4, -0.2) is 29.0 Å². The molecule has 0 atom stereocenters. The Hall–Kier alpha value is -3.01. The van der Waals surface area contributed by atoms with Crippen molar-refractivity contribution in [2.24, 2.45) is 0 Å². The number of hydrogen-bond acceptors (Lipinski definition) is 5. The zero-order valence-electron chi connectivity index (χ0n) is 16.9. The van der Waals surface area contributed by atoms with E-state index in [1.807, 2.05) is 11.0 Å². The number of rotatable bonds is 1. The third-order valence-electron chi connectivity index (χ3n) is 5.81. The summed E-state index contributed by atoms with van der Waals surface area (Å²) in [5.74, 6) is -2.13. The lowest BCUT2D eigenvalue weighted by Crippen LogP contribution is -2.25. The first kappa shape index (κ1) is 20.3. The molecular weight excluding hydrogens is 384 g/mol. The zero-order chi connectivity index (χ0) is 21.1. The van der Waals surface area contributed by atoms with Crippen LogP contribution in [0.15, 0.2) is 31.0 Å². The third kappa shape index (κ3) is 4.28. The molecule has 0 unspecified atom stereocenters. The molecule has 3 heterocycles. The number of hydrogen-bond donors (Lipinski definition) is 1. The van der Waals surface area contributed by atoms with E-state index in [0.717, 1.165) is 42.6 Å². The molecule has 1 aliphatic carbocycles. The van der Waals surface area contributed by atoms with Crippen molar-refractivity contribution in [3.8, 4) is 6.07 Å². The smallest absolute Gasteiger partial charge is 0.249 e. The van der Waals surface area contributed by atoms with Crippen LogP contribution in [0.4, 0.5) is 20.3 Å². The first-order chi connectivity index (χ1) is 14.5. The predicted molar refractivity (Wildman–Crippen MR) is 113 cm³/mol. The van der Waals surface area contributed by atoms with Crippen molar-refractivity contribution < 1.29 is 8.78 Å². The second-order valence-corrected chi connectivity index (χ2v) is 7.94. The van der Waals surface area contributed by atoms with Crippen LogP contribution >= 0.6 is 0 Å². The summed E-state index contributed by atoms with van der Waals surface area (Å²) in [4.78, 5) is 10.7. The molecule has 30 heavy (non-hydrogen) atoms. The fourth-order valence-electron chi connectivity index (χ4n) is 4.19. The van der Waals surface area contributed by atoms with Crippen molar-refractivity contribution in [2.75, 3.05) is 23.3 Å². The maximum Gasteiger partial charge on any atom is 0.249 e. The van der Waals surface area contributed by atoms with Gasteiger partial charge in [0.25, 0.3) is 0 Å². The molecule has 0 spiro atoms. The summed E-state index contributed by atoms with van der Waals surface area (Å²) in [6, 6.07) is 7.60. The van der Waals surface area contributed by atoms with Gasteiger partial charge in [-0.15, -0.1) is 0 Å². The summed E-state index contributed by atoms with van der Waals surface area (Å²) < 4.78 is 28.7. The van der Waals surface area contributed by atoms with Crippen LogP contribution in [0.5, 0.6) is 0 Å². The van der Waals surface area contributed by atoms with Gasteiger partial charge in [0.05, 0.1) is 0 Å². The van der Waals surface area contributed by atoms with E-state index in [9.17, 15) is 14.0 Å². The summed E-state index contributed by atoms with van der Waals surface area (Å²) in [7, 11) is 0. The van der Waals surface area contributed by atoms with Gasteiger partial charge in [-0.1, -0.05) is 6.58 Å². The number of nitrogens with zero attached hydrogens (tertiary/aromatic N) is 4. The predicted octanol–water partition coefficient (Wildman–Crippen LogP) is 4.94. The number of fused-ring (bicyclic) bond motifs is 2. The highest BCUT2D eigenvalue weighted by Crippen LogP contribution is 2.35. The van der Waals surface area contributed by atoms with E-state index < -0.39 is 5.92 Å². The van der Waals surface area contributed by atoms with Crippen molar-refractivity contribution in [3.63, 3.8) is 0 Å². The number of aromatic nitrogens is 2. The van der Waals surface area contributed by atoms with Crippen molar-refractivity contribution in [2.45, 2.75) is 50.9 Å². The van der Waals surface area contributed by atoms with Gasteiger partial charge in [0.2, 0.25) is 5.92 Å². The van der Waals surface area contributed by atoms with Crippen LogP contribution in [0.3, 0.4) is 0 Å². The van der Waals surface area contributed by atoms with Gasteiger partial charge in [0, 0.05) is 54.8 Å². The molecule has 2 aromatic rings. The van der Waals surface area contributed by atoms with E-state index in [-0.39, 0.29) is 25.1 Å². The van der Waals surface area contributed by atoms with Crippen LogP contribution in [-0.2, 0) is 12.8 Å². The summed E-state index contributed by atoms with van der Waals surface area (Å²) >= 11 is 0. The Kier molecular flexibility index (Phi) is 5.67. The number of halogens is 2. The van der Waals surface area contributed by atoms with E-state index in [0.29, 0.717) is 24.5 Å². The lowest BCUT2D eigenvalue weighted by molar-refractivity contribution is -0.0138. The van der Waals surface area contributed by atoms with Crippen molar-refractivity contribution >= 4 is 17.2 Å². The van der Waals surface area contributed by atoms with Gasteiger partial charge >= 0.3 is 0 Å². The Morgan fingerprint density at radius 1 is 1.17 bits per heavy atom. The monoisotopic (exact) mass is 409 g/mol. The molecule has 0 bridgehead atoms. The molecule has 5 nitrogen and oxygen atoms in total. The minimum absolute atomic E-state index is 0.160. The molecule has 1 aliphatic heterocycles. The normalized spacial score (nSPS) is 19.0. The first-order valence-electron chi connectivity index (χ1n) is 10.4. The number of nitriles is 1. The van der Waals surface area contributed by atoms with Gasteiger partial charge in [0.1, 0.15) is 17.6 Å². The standard InChI is InChI=1S/C23H25F2N5/c1-16-20-13-17-5-2-3-6-21(17)29-22(20)28-11-9-23(24,25)8-4-12-30(16)19-7-10-27-18(14-19)15-26/h7,10,13-14H,1-6,8-9,11-12H2,(H,28,29). The molecule has 0 fully saturated rings. The van der Waals surface area contributed by atoms with Crippen LogP contribution in [0, 0.1) is 11.3 Å². The fourth-order valence-corrected chi connectivity index (χ4v) is 4.19. The van der Waals surface area contributed by atoms with Gasteiger partial charge in [-0.3, -0.25) is 0 Å². The Balaban J connectivity index is 1.79. The van der Waals surface area contributed by atoms with Crippen molar-refractivity contribution in [3.05, 3.63) is 53.5 Å². The van der Waals surface area contributed by atoms with Gasteiger partial charge in [-0.25, -0.2) is 18.7 Å². The maximum absolute atomic E-state index is 14.3. The second kappa shape index (κ2) is 8.39. The maximum atomic E-state index is 14.3. The molecule has 7 heteroatoms. The van der Waals surface area contributed by atoms with Crippen LogP contribution in [0.25, 0.3) is 5.70 Å². The van der Waals surface area contributed by atoms with E-state index in [1.165, 1.54) is 5.56 Å². The molecular formula is C23H25F2N5. The highest BCUT2D eigenvalue weighted by atomic mass is 19.3. The number of nitrogens with one attached hydrogen (secondary N) is 1. The lowest BCUT2D eigenvalue weighted by Gasteiger charge is -2.29. The van der Waals surface area contributed by atoms with E-state index in [4.69, 9.17) is 4.98 Å². The van der Waals surface area contributed by atoms with Gasteiger partial charge in [0.15, 0.2) is 0 Å². The molecule has 0 radical (unpaired) electrons. The molecule has 2 aliphatic rings. The average molecular weight is 409 g/mol. The fraction of sp³-hybridized carbons (Fsp3) is 0.435. The van der Waals surface area contributed by atoms with Crippen molar-refractivity contribution in [1.82, 2.24) is 9.97 Å². The third-order valence-corrected chi connectivity index (χ3v) is 5.81. The van der Waals surface area contributed by atoms with Crippen LogP contribution in [0.2, 0.25) is 0 Å². The molecule has 156 valence electrons. The summed E-state index contributed by atoms with van der Waals surface area (Å²) in [6.45, 7) is 4.85. The molecule has 4 rings (SSSR count).